The molecule has 3 aliphatic heterocycles. The molecule has 0 fully saturated rings. The van der Waals surface area contributed by atoms with Crippen LogP contribution < -0.4 is 20.6 Å². The molecule has 0 bridgehead atoms. The van der Waals surface area contributed by atoms with E-state index in [9.17, 15) is 0 Å². The van der Waals surface area contributed by atoms with Crippen LogP contribution in [0.3, 0.4) is 0 Å². The van der Waals surface area contributed by atoms with Crippen molar-refractivity contribution in [2.45, 2.75) is 0 Å². The molecule has 232 valence electrons. The minimum absolute atomic E-state index is 0. The van der Waals surface area contributed by atoms with Gasteiger partial charge in [-0.25, -0.2) is 0 Å². The van der Waals surface area contributed by atoms with Crippen LogP contribution >= 0.6 is 0 Å². The summed E-state index contributed by atoms with van der Waals surface area (Å²) in [5.74, 6) is 1.18. The Morgan fingerprint density at radius 3 is 2.18 bits per heavy atom. The van der Waals surface area contributed by atoms with Crippen LogP contribution in [0.15, 0.2) is 152 Å². The quantitative estimate of drug-likeness (QED) is 0.0948. The molecule has 7 aromatic carbocycles. The molecule has 6 heteroatoms. The van der Waals surface area contributed by atoms with E-state index < -0.39 is 0 Å². The molecule has 4 heterocycles. The van der Waals surface area contributed by atoms with E-state index in [1.807, 2.05) is 54.6 Å². The SMILES string of the molecule is CN1C=C2N([CH-]1)c1[c-]cccc1B1c3cccc4c5ccccc5c5cccc(c5c34)N12.[Ir+3].[c-]1ccccc1-c1ccc2ccccc2n1. The molecule has 49 heavy (non-hydrogen) atoms. The number of nitrogens with zero attached hydrogens (tertiary/aromatic N) is 4. The minimum Gasteiger partial charge on any atom is -0.509 e. The Kier molecular flexibility index (Phi) is 7.05. The summed E-state index contributed by atoms with van der Waals surface area (Å²) in [5.41, 5.74) is 8.10. The first-order chi connectivity index (χ1) is 23.7. The van der Waals surface area contributed by atoms with Crippen LogP contribution in [0.5, 0.6) is 0 Å². The van der Waals surface area contributed by atoms with Gasteiger partial charge in [-0.1, -0.05) is 90.4 Å². The molecule has 0 saturated heterocycles. The van der Waals surface area contributed by atoms with Gasteiger partial charge in [-0.05, 0) is 57.2 Å². The number of anilines is 2. The maximum Gasteiger partial charge on any atom is 3.00 e. The van der Waals surface area contributed by atoms with E-state index in [4.69, 9.17) is 0 Å². The Morgan fingerprint density at radius 1 is 0.633 bits per heavy atom. The number of para-hydroxylation sites is 2. The number of rotatable bonds is 1. The number of hydrogen-bond donors (Lipinski definition) is 0. The van der Waals surface area contributed by atoms with Gasteiger partial charge in [0.1, 0.15) is 0 Å². The van der Waals surface area contributed by atoms with Gasteiger partial charge in [0.05, 0.1) is 11.3 Å². The van der Waals surface area contributed by atoms with Crippen LogP contribution in [0.25, 0.3) is 54.5 Å². The van der Waals surface area contributed by atoms with Gasteiger partial charge in [0.2, 0.25) is 0 Å². The molecule has 3 aliphatic rings. The molecule has 0 N–H and O–H groups in total. The van der Waals surface area contributed by atoms with E-state index in [1.54, 1.807) is 0 Å². The molecule has 0 unspecified atom stereocenters. The van der Waals surface area contributed by atoms with Gasteiger partial charge in [-0.3, -0.25) is 4.98 Å². The minimum atomic E-state index is 0. The molecule has 0 amide bonds. The van der Waals surface area contributed by atoms with Crippen molar-refractivity contribution in [3.8, 4) is 11.3 Å². The summed E-state index contributed by atoms with van der Waals surface area (Å²) in [6.07, 6.45) is 2.22. The zero-order chi connectivity index (χ0) is 31.8. The summed E-state index contributed by atoms with van der Waals surface area (Å²) in [7, 11) is 2.09. The van der Waals surface area contributed by atoms with E-state index in [-0.39, 0.29) is 27.0 Å². The number of fused-ring (bicyclic) bond motifs is 12. The molecule has 8 aromatic rings. The third-order valence-electron chi connectivity index (χ3n) is 9.80. The van der Waals surface area contributed by atoms with E-state index >= 15 is 0 Å². The Balaban J connectivity index is 0.000000162. The van der Waals surface area contributed by atoms with E-state index in [1.165, 1.54) is 60.1 Å². The van der Waals surface area contributed by atoms with Crippen LogP contribution in [0.2, 0.25) is 0 Å². The van der Waals surface area contributed by atoms with Crippen LogP contribution in [-0.2, 0) is 20.1 Å². The standard InChI is InChI=1S/C28H18BN3.C15H10N.Ir/c1-30-16-26-31(17-30)24-14-5-4-12-22(24)29-23-13-6-10-20-18-8-2-3-9-19(18)21-11-7-15-25(32(26)29)28(21)27(20)23;1-2-6-12(7-3-1)15-11-10-13-8-4-5-9-14(13)16-15;/h2-13,15-17H,1H3;1-6,8-11H;/q-2;-1;+3. The maximum absolute atomic E-state index is 4.61. The van der Waals surface area contributed by atoms with Crippen molar-refractivity contribution in [2.24, 2.45) is 0 Å². The third kappa shape index (κ3) is 4.52. The maximum atomic E-state index is 4.61. The summed E-state index contributed by atoms with van der Waals surface area (Å²) in [6, 6.07) is 55.7. The van der Waals surface area contributed by atoms with E-state index in [0.29, 0.717) is 0 Å². The van der Waals surface area contributed by atoms with Crippen molar-refractivity contribution >= 4 is 72.4 Å². The van der Waals surface area contributed by atoms with Crippen molar-refractivity contribution < 1.29 is 20.1 Å². The zero-order valence-corrected chi connectivity index (χ0v) is 29.0. The fraction of sp³-hybridized carbons (Fsp3) is 0.0233. The second-order valence-electron chi connectivity index (χ2n) is 12.6. The predicted molar refractivity (Wildman–Crippen MR) is 200 cm³/mol. The number of benzene rings is 7. The van der Waals surface area contributed by atoms with E-state index in [0.717, 1.165) is 22.5 Å². The van der Waals surface area contributed by atoms with Crippen molar-refractivity contribution in [1.82, 2.24) is 9.88 Å². The molecule has 0 radical (unpaired) electrons. The van der Waals surface area contributed by atoms with Crippen molar-refractivity contribution in [1.29, 1.82) is 0 Å². The average Bonchev–Trinajstić information content (AvgIpc) is 3.56. The first-order valence-electron chi connectivity index (χ1n) is 16.3. The van der Waals surface area contributed by atoms with Crippen LogP contribution in [-0.4, -0.2) is 23.8 Å². The van der Waals surface area contributed by atoms with E-state index in [2.05, 4.69) is 137 Å². The summed E-state index contributed by atoms with van der Waals surface area (Å²) in [5, 5.41) is 9.22. The van der Waals surface area contributed by atoms with Gasteiger partial charge in [0.15, 0.2) is 0 Å². The number of aromatic nitrogens is 1. The molecule has 0 spiro atoms. The topological polar surface area (TPSA) is 22.6 Å². The van der Waals surface area contributed by atoms with Gasteiger partial charge in [-0.15, -0.1) is 47.0 Å². The molecule has 1 aromatic heterocycles. The summed E-state index contributed by atoms with van der Waals surface area (Å²) < 4.78 is 0. The normalized spacial score (nSPS) is 13.9. The fourth-order valence-electron chi connectivity index (χ4n) is 7.83. The summed E-state index contributed by atoms with van der Waals surface area (Å²) >= 11 is 0. The average molecular weight is 804 g/mol. The second-order valence-corrected chi connectivity index (χ2v) is 12.6. The predicted octanol–water partition coefficient (Wildman–Crippen LogP) is 8.26. The molecule has 11 rings (SSSR count). The first kappa shape index (κ1) is 29.7. The van der Waals surface area contributed by atoms with Crippen molar-refractivity contribution in [2.75, 3.05) is 16.8 Å². The third-order valence-corrected chi connectivity index (χ3v) is 9.80. The smallest absolute Gasteiger partial charge is 0.509 e. The molecular formula is C43H28BIrN4. The molecule has 0 aliphatic carbocycles. The van der Waals surface area contributed by atoms with Gasteiger partial charge < -0.3 is 14.6 Å². The van der Waals surface area contributed by atoms with Gasteiger partial charge in [0, 0.05) is 17.3 Å². The van der Waals surface area contributed by atoms with Crippen LogP contribution in [0, 0.1) is 18.8 Å². The molecular weight excluding hydrogens is 776 g/mol. The number of pyridine rings is 1. The molecule has 0 atom stereocenters. The Morgan fingerprint density at radius 2 is 1.35 bits per heavy atom. The molecule has 0 saturated carbocycles. The Hall–Kier alpha value is -5.42. The monoisotopic (exact) mass is 804 g/mol. The fourth-order valence-corrected chi connectivity index (χ4v) is 7.83. The van der Waals surface area contributed by atoms with Gasteiger partial charge in [0.25, 0.3) is 6.85 Å². The number of hydrogen-bond acceptors (Lipinski definition) is 4. The summed E-state index contributed by atoms with van der Waals surface area (Å²) in [6.45, 7) is 2.27. The Labute approximate surface area is 299 Å². The first-order valence-corrected chi connectivity index (χ1v) is 16.3. The second kappa shape index (κ2) is 11.6. The van der Waals surface area contributed by atoms with Crippen molar-refractivity contribution in [3.05, 3.63) is 170 Å². The molecule has 4 nitrogen and oxygen atoms in total. The zero-order valence-electron chi connectivity index (χ0n) is 26.6. The Bertz CT molecular complexity index is 2600. The van der Waals surface area contributed by atoms with Crippen molar-refractivity contribution in [3.63, 3.8) is 0 Å². The van der Waals surface area contributed by atoms with Crippen LogP contribution in [0.1, 0.15) is 0 Å². The van der Waals surface area contributed by atoms with Crippen LogP contribution in [0.4, 0.5) is 11.4 Å². The van der Waals surface area contributed by atoms with Gasteiger partial charge in [-0.2, -0.15) is 30.9 Å². The summed E-state index contributed by atoms with van der Waals surface area (Å²) in [4.78, 5) is 11.5. The largest absolute Gasteiger partial charge is 3.00 e. The van der Waals surface area contributed by atoms with Gasteiger partial charge >= 0.3 is 20.1 Å².